The number of hydrogen-bond donors (Lipinski definition) is 3. The molecule has 0 saturated heterocycles. The first-order chi connectivity index (χ1) is 15.6. The molecule has 2 aromatic carbocycles. The molecule has 168 valence electrons. The Hall–Kier alpha value is -3.32. The molecule has 4 rings (SSSR count). The van der Waals surface area contributed by atoms with Gasteiger partial charge in [-0.3, -0.25) is 9.59 Å². The predicted molar refractivity (Wildman–Crippen MR) is 120 cm³/mol. The standard InChI is InChI=1S/C25H28N2O5/c28-14-13-26-25(30)23(15-17-3-7-21(8-4-17)32-22-11-12-22)27-24(29)19-5-9-20(10-6-19)31-16-18-1-2-18/h3-10,15,18,22,28H,1-2,11-14,16H2,(H,26,30)(H,27,29)/b23-15-. The van der Waals surface area contributed by atoms with E-state index >= 15 is 0 Å². The Labute approximate surface area is 187 Å². The number of hydrogen-bond acceptors (Lipinski definition) is 5. The second kappa shape index (κ2) is 10.3. The molecule has 2 fully saturated rings. The number of carbonyl (C=O) groups excluding carboxylic acids is 2. The third-order valence-electron chi connectivity index (χ3n) is 5.21. The van der Waals surface area contributed by atoms with Gasteiger partial charge in [0.05, 0.1) is 19.3 Å². The number of nitrogens with one attached hydrogen (secondary N) is 2. The highest BCUT2D eigenvalue weighted by Crippen LogP contribution is 2.29. The maximum absolute atomic E-state index is 12.8. The maximum atomic E-state index is 12.8. The topological polar surface area (TPSA) is 96.9 Å². The van der Waals surface area contributed by atoms with Gasteiger partial charge in [0, 0.05) is 12.1 Å². The average molecular weight is 437 g/mol. The van der Waals surface area contributed by atoms with Crippen molar-refractivity contribution in [1.29, 1.82) is 0 Å². The molecule has 0 unspecified atom stereocenters. The summed E-state index contributed by atoms with van der Waals surface area (Å²) in [6.45, 7) is 0.601. The van der Waals surface area contributed by atoms with E-state index in [2.05, 4.69) is 10.6 Å². The summed E-state index contributed by atoms with van der Waals surface area (Å²) >= 11 is 0. The van der Waals surface area contributed by atoms with E-state index in [9.17, 15) is 9.59 Å². The quantitative estimate of drug-likeness (QED) is 0.471. The van der Waals surface area contributed by atoms with Crippen molar-refractivity contribution in [2.24, 2.45) is 5.92 Å². The lowest BCUT2D eigenvalue weighted by Crippen LogP contribution is -2.36. The van der Waals surface area contributed by atoms with Crippen molar-refractivity contribution in [3.8, 4) is 11.5 Å². The number of ether oxygens (including phenoxy) is 2. The van der Waals surface area contributed by atoms with Crippen molar-refractivity contribution in [3.05, 3.63) is 65.4 Å². The lowest BCUT2D eigenvalue weighted by atomic mass is 10.1. The van der Waals surface area contributed by atoms with E-state index in [1.165, 1.54) is 12.8 Å². The van der Waals surface area contributed by atoms with Gasteiger partial charge in [-0.25, -0.2) is 0 Å². The normalized spacial score (nSPS) is 15.7. The third-order valence-corrected chi connectivity index (χ3v) is 5.21. The Balaban J connectivity index is 1.43. The molecule has 0 heterocycles. The first kappa shape index (κ1) is 21.9. The minimum atomic E-state index is -0.477. The van der Waals surface area contributed by atoms with Crippen LogP contribution in [0.4, 0.5) is 0 Å². The molecule has 7 heteroatoms. The Bertz CT molecular complexity index is 961. The highest BCUT2D eigenvalue weighted by molar-refractivity contribution is 6.05. The summed E-state index contributed by atoms with van der Waals surface area (Å²) < 4.78 is 11.4. The maximum Gasteiger partial charge on any atom is 0.267 e. The molecule has 2 amide bonds. The van der Waals surface area contributed by atoms with Crippen molar-refractivity contribution in [2.75, 3.05) is 19.8 Å². The van der Waals surface area contributed by atoms with Crippen molar-refractivity contribution < 1.29 is 24.2 Å². The predicted octanol–water partition coefficient (Wildman–Crippen LogP) is 2.90. The van der Waals surface area contributed by atoms with E-state index in [0.29, 0.717) is 24.2 Å². The molecule has 0 aromatic heterocycles. The van der Waals surface area contributed by atoms with Crippen LogP contribution >= 0.6 is 0 Å². The van der Waals surface area contributed by atoms with Gasteiger partial charge in [0.2, 0.25) is 0 Å². The van der Waals surface area contributed by atoms with Crippen LogP contribution in [-0.2, 0) is 4.79 Å². The van der Waals surface area contributed by atoms with E-state index in [4.69, 9.17) is 14.6 Å². The fourth-order valence-corrected chi connectivity index (χ4v) is 3.01. The molecule has 7 nitrogen and oxygen atoms in total. The largest absolute Gasteiger partial charge is 0.493 e. The summed E-state index contributed by atoms with van der Waals surface area (Å²) in [7, 11) is 0. The molecule has 0 spiro atoms. The monoisotopic (exact) mass is 436 g/mol. The second-order valence-corrected chi connectivity index (χ2v) is 8.16. The lowest BCUT2D eigenvalue weighted by molar-refractivity contribution is -0.117. The molecule has 2 aliphatic rings. The summed E-state index contributed by atoms with van der Waals surface area (Å²) in [5, 5.41) is 14.3. The highest BCUT2D eigenvalue weighted by Gasteiger charge is 2.23. The SMILES string of the molecule is O=C(NCCO)/C(=C/c1ccc(OC2CC2)cc1)NC(=O)c1ccc(OCC2CC2)cc1. The highest BCUT2D eigenvalue weighted by atomic mass is 16.5. The summed E-state index contributed by atoms with van der Waals surface area (Å²) in [5.74, 6) is 1.27. The first-order valence-electron chi connectivity index (χ1n) is 11.0. The zero-order valence-electron chi connectivity index (χ0n) is 17.9. The fraction of sp³-hybridized carbons (Fsp3) is 0.360. The van der Waals surface area contributed by atoms with Gasteiger partial charge >= 0.3 is 0 Å². The number of carbonyl (C=O) groups is 2. The van der Waals surface area contributed by atoms with Gasteiger partial charge in [0.25, 0.3) is 11.8 Å². The van der Waals surface area contributed by atoms with Crippen molar-refractivity contribution >= 4 is 17.9 Å². The van der Waals surface area contributed by atoms with Gasteiger partial charge in [-0.15, -0.1) is 0 Å². The number of aliphatic hydroxyl groups is 1. The van der Waals surface area contributed by atoms with Crippen LogP contribution in [0.15, 0.2) is 54.2 Å². The lowest BCUT2D eigenvalue weighted by Gasteiger charge is -2.12. The van der Waals surface area contributed by atoms with Crippen LogP contribution in [0.25, 0.3) is 6.08 Å². The minimum absolute atomic E-state index is 0.0905. The Kier molecular flexibility index (Phi) is 7.07. The molecule has 0 bridgehead atoms. The van der Waals surface area contributed by atoms with Crippen LogP contribution in [-0.4, -0.2) is 42.8 Å². The summed E-state index contributed by atoms with van der Waals surface area (Å²) in [5.41, 5.74) is 1.25. The molecule has 0 atom stereocenters. The van der Waals surface area contributed by atoms with E-state index in [1.807, 2.05) is 24.3 Å². The van der Waals surface area contributed by atoms with Gasteiger partial charge in [-0.1, -0.05) is 12.1 Å². The van der Waals surface area contributed by atoms with E-state index in [1.54, 1.807) is 30.3 Å². The van der Waals surface area contributed by atoms with Crippen LogP contribution in [0.3, 0.4) is 0 Å². The summed E-state index contributed by atoms with van der Waals surface area (Å²) in [4.78, 5) is 25.3. The van der Waals surface area contributed by atoms with Crippen LogP contribution in [0.1, 0.15) is 41.6 Å². The molecule has 32 heavy (non-hydrogen) atoms. The summed E-state index contributed by atoms with van der Waals surface area (Å²) in [6, 6.07) is 14.2. The van der Waals surface area contributed by atoms with E-state index in [-0.39, 0.29) is 18.8 Å². The molecular weight excluding hydrogens is 408 g/mol. The molecular formula is C25H28N2O5. The minimum Gasteiger partial charge on any atom is -0.493 e. The zero-order chi connectivity index (χ0) is 22.3. The van der Waals surface area contributed by atoms with Crippen molar-refractivity contribution in [1.82, 2.24) is 10.6 Å². The molecule has 2 saturated carbocycles. The average Bonchev–Trinajstić information content (AvgIpc) is 3.73. The second-order valence-electron chi connectivity index (χ2n) is 8.16. The van der Waals surface area contributed by atoms with Crippen LogP contribution in [0, 0.1) is 5.92 Å². The van der Waals surface area contributed by atoms with Crippen molar-refractivity contribution in [2.45, 2.75) is 31.8 Å². The molecule has 2 aliphatic carbocycles. The first-order valence-corrected chi connectivity index (χ1v) is 11.0. The molecule has 3 N–H and O–H groups in total. The molecule has 0 radical (unpaired) electrons. The fourth-order valence-electron chi connectivity index (χ4n) is 3.01. The van der Waals surface area contributed by atoms with Gasteiger partial charge in [0.1, 0.15) is 17.2 Å². The molecule has 2 aromatic rings. The smallest absolute Gasteiger partial charge is 0.267 e. The van der Waals surface area contributed by atoms with Gasteiger partial charge in [-0.2, -0.15) is 0 Å². The third kappa shape index (κ3) is 6.59. The van der Waals surface area contributed by atoms with E-state index < -0.39 is 11.8 Å². The van der Waals surface area contributed by atoms with Crippen LogP contribution in [0.2, 0.25) is 0 Å². The van der Waals surface area contributed by atoms with Gasteiger partial charge in [0.15, 0.2) is 0 Å². The zero-order valence-corrected chi connectivity index (χ0v) is 17.9. The van der Waals surface area contributed by atoms with Gasteiger partial charge in [-0.05, 0) is 79.6 Å². The van der Waals surface area contributed by atoms with Crippen LogP contribution in [0.5, 0.6) is 11.5 Å². The number of benzene rings is 2. The number of rotatable bonds is 11. The Morgan fingerprint density at radius 1 is 0.969 bits per heavy atom. The number of amides is 2. The Morgan fingerprint density at radius 3 is 2.28 bits per heavy atom. The van der Waals surface area contributed by atoms with Crippen LogP contribution < -0.4 is 20.1 Å². The van der Waals surface area contributed by atoms with Crippen molar-refractivity contribution in [3.63, 3.8) is 0 Å². The van der Waals surface area contributed by atoms with Gasteiger partial charge < -0.3 is 25.2 Å². The Morgan fingerprint density at radius 2 is 1.66 bits per heavy atom. The number of aliphatic hydroxyl groups excluding tert-OH is 1. The summed E-state index contributed by atoms with van der Waals surface area (Å²) in [6.07, 6.45) is 6.49. The van der Waals surface area contributed by atoms with E-state index in [0.717, 1.165) is 29.9 Å². The molecule has 0 aliphatic heterocycles.